The number of methoxy groups -OCH3 is 1. The molecule has 0 saturated heterocycles. The van der Waals surface area contributed by atoms with E-state index in [0.29, 0.717) is 12.1 Å². The molecular formula is C17H25NO3. The molecule has 0 unspecified atom stereocenters. The number of carbonyl (C=O) groups is 1. The normalized spacial score (nSPS) is 25.6. The van der Waals surface area contributed by atoms with E-state index in [2.05, 4.69) is 17.0 Å². The number of carbonyl (C=O) groups excluding carboxylic acids is 1. The van der Waals surface area contributed by atoms with Crippen molar-refractivity contribution in [1.29, 1.82) is 0 Å². The van der Waals surface area contributed by atoms with Gasteiger partial charge in [0.15, 0.2) is 0 Å². The summed E-state index contributed by atoms with van der Waals surface area (Å²) in [5, 5.41) is 13.2. The fraction of sp³-hybridized carbons (Fsp3) is 0.588. The molecule has 4 nitrogen and oxygen atoms in total. The summed E-state index contributed by atoms with van der Waals surface area (Å²) < 4.78 is 4.69. The second-order valence-corrected chi connectivity index (χ2v) is 6.16. The summed E-state index contributed by atoms with van der Waals surface area (Å²) in [5.41, 5.74) is 1.52. The molecule has 1 aliphatic carbocycles. The van der Waals surface area contributed by atoms with Crippen molar-refractivity contribution in [2.75, 3.05) is 13.7 Å². The molecule has 2 rings (SSSR count). The summed E-state index contributed by atoms with van der Waals surface area (Å²) in [6, 6.07) is 7.40. The van der Waals surface area contributed by atoms with Crippen molar-refractivity contribution in [3.8, 4) is 0 Å². The highest BCUT2D eigenvalue weighted by atomic mass is 16.5. The van der Waals surface area contributed by atoms with Gasteiger partial charge >= 0.3 is 5.97 Å². The first-order valence-corrected chi connectivity index (χ1v) is 7.62. The van der Waals surface area contributed by atoms with Crippen molar-refractivity contribution in [2.24, 2.45) is 5.92 Å². The second kappa shape index (κ2) is 7.05. The van der Waals surface area contributed by atoms with E-state index in [9.17, 15) is 9.90 Å². The van der Waals surface area contributed by atoms with E-state index in [1.165, 1.54) is 7.11 Å². The number of esters is 1. The predicted molar refractivity (Wildman–Crippen MR) is 82.1 cm³/mol. The minimum Gasteiger partial charge on any atom is -0.465 e. The topological polar surface area (TPSA) is 58.6 Å². The molecule has 0 radical (unpaired) electrons. The summed E-state index contributed by atoms with van der Waals surface area (Å²) >= 11 is 0. The fourth-order valence-electron chi connectivity index (χ4n) is 2.87. The smallest absolute Gasteiger partial charge is 0.337 e. The Kier molecular flexibility index (Phi) is 5.37. The van der Waals surface area contributed by atoms with Crippen LogP contribution in [0, 0.1) is 5.92 Å². The molecule has 1 aromatic rings. The van der Waals surface area contributed by atoms with Crippen LogP contribution in [0.4, 0.5) is 0 Å². The van der Waals surface area contributed by atoms with E-state index in [-0.39, 0.29) is 18.1 Å². The number of aliphatic hydroxyl groups is 1. The van der Waals surface area contributed by atoms with Gasteiger partial charge in [-0.15, -0.1) is 0 Å². The third-order valence-electron chi connectivity index (χ3n) is 4.58. The van der Waals surface area contributed by atoms with E-state index in [1.807, 2.05) is 12.1 Å². The molecule has 21 heavy (non-hydrogen) atoms. The van der Waals surface area contributed by atoms with Crippen molar-refractivity contribution in [1.82, 2.24) is 5.32 Å². The summed E-state index contributed by atoms with van der Waals surface area (Å²) in [5.74, 6) is 0.438. The lowest BCUT2D eigenvalue weighted by Crippen LogP contribution is -2.50. The Morgan fingerprint density at radius 3 is 2.48 bits per heavy atom. The first-order valence-electron chi connectivity index (χ1n) is 7.62. The SMILES string of the molecule is COC(=O)c1ccc(CNC2(CO)CCC(C)CC2)cc1. The molecule has 0 spiro atoms. The minimum absolute atomic E-state index is 0.145. The molecule has 0 aliphatic heterocycles. The molecule has 1 aliphatic rings. The number of aliphatic hydroxyl groups excluding tert-OH is 1. The summed E-state index contributed by atoms with van der Waals surface area (Å²) in [4.78, 5) is 11.4. The third-order valence-corrected chi connectivity index (χ3v) is 4.58. The van der Waals surface area contributed by atoms with Gasteiger partial charge in [0.1, 0.15) is 0 Å². The Hall–Kier alpha value is -1.39. The van der Waals surface area contributed by atoms with Crippen LogP contribution in [-0.2, 0) is 11.3 Å². The average Bonchev–Trinajstić information content (AvgIpc) is 2.54. The van der Waals surface area contributed by atoms with Crippen molar-refractivity contribution >= 4 is 5.97 Å². The zero-order valence-corrected chi connectivity index (χ0v) is 12.9. The quantitative estimate of drug-likeness (QED) is 0.818. The van der Waals surface area contributed by atoms with Crippen LogP contribution < -0.4 is 5.32 Å². The number of hydrogen-bond acceptors (Lipinski definition) is 4. The van der Waals surface area contributed by atoms with Gasteiger partial charge in [-0.05, 0) is 49.3 Å². The maximum Gasteiger partial charge on any atom is 0.337 e. The van der Waals surface area contributed by atoms with Crippen LogP contribution in [-0.4, -0.2) is 30.3 Å². The molecule has 0 atom stereocenters. The first kappa shape index (κ1) is 16.0. The maximum atomic E-state index is 11.4. The summed E-state index contributed by atoms with van der Waals surface area (Å²) in [6.45, 7) is 3.16. The van der Waals surface area contributed by atoms with E-state index < -0.39 is 0 Å². The zero-order chi connectivity index (χ0) is 15.3. The van der Waals surface area contributed by atoms with Gasteiger partial charge in [-0.2, -0.15) is 0 Å². The van der Waals surface area contributed by atoms with Gasteiger partial charge < -0.3 is 15.2 Å². The fourth-order valence-corrected chi connectivity index (χ4v) is 2.87. The van der Waals surface area contributed by atoms with Crippen LogP contribution in [0.2, 0.25) is 0 Å². The molecule has 1 fully saturated rings. The van der Waals surface area contributed by atoms with Crippen LogP contribution in [0.5, 0.6) is 0 Å². The zero-order valence-electron chi connectivity index (χ0n) is 12.9. The number of benzene rings is 1. The molecule has 0 aromatic heterocycles. The van der Waals surface area contributed by atoms with Crippen LogP contribution in [0.25, 0.3) is 0 Å². The maximum absolute atomic E-state index is 11.4. The number of hydrogen-bond donors (Lipinski definition) is 2. The lowest BCUT2D eigenvalue weighted by Gasteiger charge is -2.39. The number of ether oxygens (including phenoxy) is 1. The van der Waals surface area contributed by atoms with Crippen molar-refractivity contribution in [2.45, 2.75) is 44.7 Å². The van der Waals surface area contributed by atoms with Gasteiger partial charge in [0, 0.05) is 12.1 Å². The highest BCUT2D eigenvalue weighted by molar-refractivity contribution is 5.89. The van der Waals surface area contributed by atoms with Crippen LogP contribution in [0.3, 0.4) is 0 Å². The van der Waals surface area contributed by atoms with Gasteiger partial charge in [-0.1, -0.05) is 19.1 Å². The highest BCUT2D eigenvalue weighted by Gasteiger charge is 2.32. The molecule has 4 heteroatoms. The molecule has 2 N–H and O–H groups in total. The molecule has 1 aromatic carbocycles. The van der Waals surface area contributed by atoms with E-state index in [1.54, 1.807) is 12.1 Å². The Balaban J connectivity index is 1.94. The summed E-state index contributed by atoms with van der Waals surface area (Å²) in [7, 11) is 1.38. The third kappa shape index (κ3) is 4.05. The second-order valence-electron chi connectivity index (χ2n) is 6.16. The Morgan fingerprint density at radius 1 is 1.33 bits per heavy atom. The standard InChI is InChI=1S/C17H25NO3/c1-13-7-9-17(12-19,10-8-13)18-11-14-3-5-15(6-4-14)16(20)21-2/h3-6,13,18-19H,7-12H2,1-2H3. The number of rotatable bonds is 5. The van der Waals surface area contributed by atoms with Crippen molar-refractivity contribution in [3.63, 3.8) is 0 Å². The molecule has 0 amide bonds. The van der Waals surface area contributed by atoms with E-state index in [4.69, 9.17) is 0 Å². The van der Waals surface area contributed by atoms with Gasteiger partial charge in [0.2, 0.25) is 0 Å². The monoisotopic (exact) mass is 291 g/mol. The molecule has 0 heterocycles. The Labute approximate surface area is 126 Å². The lowest BCUT2D eigenvalue weighted by molar-refractivity contribution is 0.0600. The summed E-state index contributed by atoms with van der Waals surface area (Å²) in [6.07, 6.45) is 4.36. The Bertz CT molecular complexity index is 461. The largest absolute Gasteiger partial charge is 0.465 e. The molecule has 116 valence electrons. The Morgan fingerprint density at radius 2 is 1.95 bits per heavy atom. The average molecular weight is 291 g/mol. The van der Waals surface area contributed by atoms with Crippen LogP contribution in [0.15, 0.2) is 24.3 Å². The molecular weight excluding hydrogens is 266 g/mol. The van der Waals surface area contributed by atoms with Crippen LogP contribution >= 0.6 is 0 Å². The first-order chi connectivity index (χ1) is 10.1. The van der Waals surface area contributed by atoms with Gasteiger partial charge in [0.25, 0.3) is 0 Å². The predicted octanol–water partition coefficient (Wildman–Crippen LogP) is 2.50. The van der Waals surface area contributed by atoms with Crippen molar-refractivity contribution < 1.29 is 14.6 Å². The molecule has 0 bridgehead atoms. The van der Waals surface area contributed by atoms with Gasteiger partial charge in [0.05, 0.1) is 19.3 Å². The minimum atomic E-state index is -0.317. The van der Waals surface area contributed by atoms with Gasteiger partial charge in [-0.3, -0.25) is 0 Å². The van der Waals surface area contributed by atoms with Crippen molar-refractivity contribution in [3.05, 3.63) is 35.4 Å². The lowest BCUT2D eigenvalue weighted by atomic mass is 9.77. The highest BCUT2D eigenvalue weighted by Crippen LogP contribution is 2.31. The molecule has 1 saturated carbocycles. The number of nitrogens with one attached hydrogen (secondary N) is 1. The van der Waals surface area contributed by atoms with Crippen LogP contribution in [0.1, 0.15) is 48.5 Å². The van der Waals surface area contributed by atoms with E-state index in [0.717, 1.165) is 37.2 Å². The van der Waals surface area contributed by atoms with E-state index >= 15 is 0 Å². The van der Waals surface area contributed by atoms with Gasteiger partial charge in [-0.25, -0.2) is 4.79 Å².